The molecule has 5 rings (SSSR count). The Balaban J connectivity index is 1.78. The first kappa shape index (κ1) is 13.1. The van der Waals surface area contributed by atoms with E-state index in [1.807, 2.05) is 48.5 Å². The summed E-state index contributed by atoms with van der Waals surface area (Å²) in [7, 11) is 0. The highest BCUT2D eigenvalue weighted by molar-refractivity contribution is 5.96. The zero-order valence-electron chi connectivity index (χ0n) is 12.7. The second-order valence-electron chi connectivity index (χ2n) is 5.90. The van der Waals surface area contributed by atoms with E-state index in [1.165, 1.54) is 0 Å². The van der Waals surface area contributed by atoms with Crippen LogP contribution in [0.25, 0.3) is 44.1 Å². The highest BCUT2D eigenvalue weighted by Gasteiger charge is 2.11. The van der Waals surface area contributed by atoms with Crippen molar-refractivity contribution in [2.75, 3.05) is 0 Å². The van der Waals surface area contributed by atoms with E-state index < -0.39 is 0 Å². The van der Waals surface area contributed by atoms with Gasteiger partial charge in [0.2, 0.25) is 0 Å². The Kier molecular flexibility index (Phi) is 2.61. The summed E-state index contributed by atoms with van der Waals surface area (Å²) in [6, 6.07) is 21.9. The number of fused-ring (bicyclic) bond motifs is 3. The minimum atomic E-state index is -0.141. The van der Waals surface area contributed by atoms with Gasteiger partial charge in [-0.15, -0.1) is 0 Å². The highest BCUT2D eigenvalue weighted by atomic mass is 16.1. The van der Waals surface area contributed by atoms with Crippen molar-refractivity contribution in [3.63, 3.8) is 0 Å². The van der Waals surface area contributed by atoms with Crippen LogP contribution in [0.4, 0.5) is 0 Å². The van der Waals surface area contributed by atoms with Gasteiger partial charge in [-0.3, -0.25) is 4.79 Å². The molecule has 0 fully saturated rings. The van der Waals surface area contributed by atoms with Crippen LogP contribution in [0, 0.1) is 0 Å². The Morgan fingerprint density at radius 1 is 0.708 bits per heavy atom. The molecule has 4 heteroatoms. The third kappa shape index (κ3) is 1.93. The first-order valence-electron chi connectivity index (χ1n) is 7.79. The number of rotatable bonds is 1. The number of pyridine rings is 1. The van der Waals surface area contributed by atoms with Crippen molar-refractivity contribution in [2.45, 2.75) is 0 Å². The molecule has 0 spiro atoms. The highest BCUT2D eigenvalue weighted by Crippen LogP contribution is 2.24. The van der Waals surface area contributed by atoms with Crippen molar-refractivity contribution >= 4 is 32.7 Å². The summed E-state index contributed by atoms with van der Waals surface area (Å²) in [5.41, 5.74) is 3.02. The van der Waals surface area contributed by atoms with Crippen molar-refractivity contribution in [3.8, 4) is 11.4 Å². The van der Waals surface area contributed by atoms with E-state index in [4.69, 9.17) is 0 Å². The molecule has 0 aliphatic rings. The molecule has 2 heterocycles. The Morgan fingerprint density at radius 2 is 1.42 bits per heavy atom. The van der Waals surface area contributed by atoms with Gasteiger partial charge in [0.05, 0.1) is 16.6 Å². The van der Waals surface area contributed by atoms with Gasteiger partial charge in [-0.2, -0.15) is 0 Å². The quantitative estimate of drug-likeness (QED) is 0.487. The molecular formula is C20H13N3O. The molecule has 2 N–H and O–H groups in total. The lowest BCUT2D eigenvalue weighted by Gasteiger charge is -2.00. The summed E-state index contributed by atoms with van der Waals surface area (Å²) < 4.78 is 0. The van der Waals surface area contributed by atoms with Crippen LogP contribution >= 0.6 is 0 Å². The van der Waals surface area contributed by atoms with Crippen molar-refractivity contribution < 1.29 is 0 Å². The topological polar surface area (TPSA) is 61.5 Å². The fraction of sp³-hybridized carbons (Fsp3) is 0. The lowest BCUT2D eigenvalue weighted by Crippen LogP contribution is -2.09. The summed E-state index contributed by atoms with van der Waals surface area (Å²) in [6.45, 7) is 0. The van der Waals surface area contributed by atoms with Crippen molar-refractivity contribution in [1.82, 2.24) is 15.0 Å². The Bertz CT molecular complexity index is 1230. The van der Waals surface area contributed by atoms with Crippen LogP contribution in [0.3, 0.4) is 0 Å². The maximum absolute atomic E-state index is 12.4. The predicted octanol–water partition coefficient (Wildman–Crippen LogP) is 4.22. The number of para-hydroxylation sites is 1. The molecule has 3 aromatic carbocycles. The van der Waals surface area contributed by atoms with Crippen molar-refractivity contribution in [1.29, 1.82) is 0 Å². The molecule has 0 atom stereocenters. The van der Waals surface area contributed by atoms with Gasteiger partial charge >= 0.3 is 0 Å². The summed E-state index contributed by atoms with van der Waals surface area (Å²) in [6.07, 6.45) is 0. The number of nitrogens with one attached hydrogen (secondary N) is 2. The van der Waals surface area contributed by atoms with Gasteiger partial charge in [-0.25, -0.2) is 4.98 Å². The van der Waals surface area contributed by atoms with Gasteiger partial charge in [-0.1, -0.05) is 42.5 Å². The second-order valence-corrected chi connectivity index (χ2v) is 5.90. The van der Waals surface area contributed by atoms with E-state index in [9.17, 15) is 4.79 Å². The van der Waals surface area contributed by atoms with E-state index in [0.717, 1.165) is 32.7 Å². The number of benzene rings is 3. The molecule has 0 saturated heterocycles. The van der Waals surface area contributed by atoms with Gasteiger partial charge in [0.25, 0.3) is 5.56 Å². The Morgan fingerprint density at radius 3 is 2.25 bits per heavy atom. The number of nitrogens with zero attached hydrogens (tertiary/aromatic N) is 1. The van der Waals surface area contributed by atoms with Crippen molar-refractivity contribution in [3.05, 3.63) is 77.1 Å². The lowest BCUT2D eigenvalue weighted by molar-refractivity contribution is 1.25. The van der Waals surface area contributed by atoms with Gasteiger partial charge < -0.3 is 9.97 Å². The fourth-order valence-electron chi connectivity index (χ4n) is 3.15. The third-order valence-corrected chi connectivity index (χ3v) is 4.36. The molecular weight excluding hydrogens is 298 g/mol. The minimum absolute atomic E-state index is 0.141. The molecule has 0 aliphatic heterocycles. The SMILES string of the molecule is O=c1[nH]c2ccccc2cc1-c1nc2cc3ccccc3cc2[nH]1. The molecule has 5 aromatic rings. The third-order valence-electron chi connectivity index (χ3n) is 4.36. The standard InChI is InChI=1S/C20H13N3O/c24-20-15(9-14-7-3-4-8-16(14)23-20)19-21-17-10-12-5-1-2-6-13(12)11-18(17)22-19/h1-11H,(H,21,22)(H,23,24). The molecule has 0 saturated carbocycles. The fourth-order valence-corrected chi connectivity index (χ4v) is 3.15. The molecule has 4 nitrogen and oxygen atoms in total. The molecule has 2 aromatic heterocycles. The summed E-state index contributed by atoms with van der Waals surface area (Å²) >= 11 is 0. The zero-order valence-corrected chi connectivity index (χ0v) is 12.7. The second kappa shape index (κ2) is 4.80. The van der Waals surface area contributed by atoms with E-state index in [0.29, 0.717) is 11.4 Å². The maximum Gasteiger partial charge on any atom is 0.259 e. The smallest absolute Gasteiger partial charge is 0.259 e. The molecule has 0 aliphatic carbocycles. The Labute approximate surface area is 136 Å². The average Bonchev–Trinajstić information content (AvgIpc) is 3.01. The maximum atomic E-state index is 12.4. The lowest BCUT2D eigenvalue weighted by atomic mass is 10.1. The van der Waals surface area contributed by atoms with E-state index in [2.05, 4.69) is 33.2 Å². The van der Waals surface area contributed by atoms with Crippen LogP contribution < -0.4 is 5.56 Å². The number of H-pyrrole nitrogens is 2. The van der Waals surface area contributed by atoms with Crippen LogP contribution in [0.5, 0.6) is 0 Å². The van der Waals surface area contributed by atoms with Gasteiger partial charge in [0.1, 0.15) is 5.82 Å². The number of hydrogen-bond donors (Lipinski definition) is 2. The van der Waals surface area contributed by atoms with E-state index in [-0.39, 0.29) is 5.56 Å². The van der Waals surface area contributed by atoms with Crippen LogP contribution in [-0.4, -0.2) is 15.0 Å². The monoisotopic (exact) mass is 311 g/mol. The molecule has 0 amide bonds. The molecule has 0 bridgehead atoms. The Hall–Kier alpha value is -3.40. The first-order chi connectivity index (χ1) is 11.8. The molecule has 0 radical (unpaired) electrons. The number of imidazole rings is 1. The van der Waals surface area contributed by atoms with Gasteiger partial charge in [-0.05, 0) is 40.4 Å². The normalized spacial score (nSPS) is 11.5. The number of hydrogen-bond acceptors (Lipinski definition) is 2. The van der Waals surface area contributed by atoms with Crippen LogP contribution in [0.1, 0.15) is 0 Å². The van der Waals surface area contributed by atoms with Crippen molar-refractivity contribution in [2.24, 2.45) is 0 Å². The predicted molar refractivity (Wildman–Crippen MR) is 97.2 cm³/mol. The number of aromatic amines is 2. The van der Waals surface area contributed by atoms with Crippen LogP contribution in [0.15, 0.2) is 71.5 Å². The van der Waals surface area contributed by atoms with Crippen LogP contribution in [0.2, 0.25) is 0 Å². The van der Waals surface area contributed by atoms with Gasteiger partial charge in [0.15, 0.2) is 0 Å². The van der Waals surface area contributed by atoms with Gasteiger partial charge in [0, 0.05) is 5.52 Å². The summed E-state index contributed by atoms with van der Waals surface area (Å²) in [5, 5.41) is 3.26. The first-order valence-corrected chi connectivity index (χ1v) is 7.79. The molecule has 24 heavy (non-hydrogen) atoms. The van der Waals surface area contributed by atoms with E-state index >= 15 is 0 Å². The minimum Gasteiger partial charge on any atom is -0.338 e. The number of aromatic nitrogens is 3. The zero-order chi connectivity index (χ0) is 16.1. The van der Waals surface area contributed by atoms with E-state index in [1.54, 1.807) is 0 Å². The van der Waals surface area contributed by atoms with Crippen LogP contribution in [-0.2, 0) is 0 Å². The summed E-state index contributed by atoms with van der Waals surface area (Å²) in [5.74, 6) is 0.590. The molecule has 114 valence electrons. The summed E-state index contributed by atoms with van der Waals surface area (Å²) in [4.78, 5) is 23.3. The largest absolute Gasteiger partial charge is 0.338 e. The molecule has 0 unspecified atom stereocenters. The average molecular weight is 311 g/mol.